The van der Waals surface area contributed by atoms with Gasteiger partial charge in [-0.1, -0.05) is 17.3 Å². The predicted octanol–water partition coefficient (Wildman–Crippen LogP) is 1.84. The van der Waals surface area contributed by atoms with Crippen molar-refractivity contribution in [3.05, 3.63) is 41.6 Å². The van der Waals surface area contributed by atoms with Gasteiger partial charge in [-0.05, 0) is 31.5 Å². The molecule has 0 saturated heterocycles. The van der Waals surface area contributed by atoms with E-state index in [9.17, 15) is 13.5 Å². The fourth-order valence-corrected chi connectivity index (χ4v) is 2.57. The van der Waals surface area contributed by atoms with Crippen LogP contribution in [0.15, 0.2) is 39.8 Å². The van der Waals surface area contributed by atoms with Gasteiger partial charge in [0, 0.05) is 6.07 Å². The molecule has 0 spiro atoms. The molecule has 1 atom stereocenters. The number of aliphatic hydroxyl groups excluding tert-OH is 1. The number of nitrogens with zero attached hydrogens (tertiary/aromatic N) is 1. The summed E-state index contributed by atoms with van der Waals surface area (Å²) in [6.07, 6.45) is -0.734. The summed E-state index contributed by atoms with van der Waals surface area (Å²) in [5.41, 5.74) is 1.10. The first-order chi connectivity index (χ1) is 8.88. The van der Waals surface area contributed by atoms with E-state index in [0.29, 0.717) is 11.3 Å². The van der Waals surface area contributed by atoms with Crippen molar-refractivity contribution in [1.29, 1.82) is 0 Å². The van der Waals surface area contributed by atoms with Crippen molar-refractivity contribution in [2.24, 2.45) is 0 Å². The number of benzene rings is 1. The Bertz CT molecular complexity index is 677. The second-order valence-electron chi connectivity index (χ2n) is 4.19. The molecule has 0 radical (unpaired) electrons. The average Bonchev–Trinajstić information content (AvgIpc) is 2.74. The maximum Gasteiger partial charge on any atom is 0.264 e. The van der Waals surface area contributed by atoms with Gasteiger partial charge >= 0.3 is 0 Å². The van der Waals surface area contributed by atoms with Crippen LogP contribution in [0, 0.1) is 6.92 Å². The van der Waals surface area contributed by atoms with E-state index >= 15 is 0 Å². The van der Waals surface area contributed by atoms with Crippen molar-refractivity contribution in [2.45, 2.75) is 24.8 Å². The van der Waals surface area contributed by atoms with Gasteiger partial charge < -0.3 is 9.63 Å². The van der Waals surface area contributed by atoms with Gasteiger partial charge in [-0.15, -0.1) is 0 Å². The van der Waals surface area contributed by atoms with Crippen LogP contribution >= 0.6 is 0 Å². The van der Waals surface area contributed by atoms with Crippen LogP contribution in [-0.4, -0.2) is 18.7 Å². The molecule has 2 N–H and O–H groups in total. The number of aryl methyl sites for hydroxylation is 1. The number of sulfonamides is 1. The molecule has 0 saturated carbocycles. The highest BCUT2D eigenvalue weighted by Crippen LogP contribution is 2.20. The van der Waals surface area contributed by atoms with Crippen LogP contribution < -0.4 is 4.72 Å². The van der Waals surface area contributed by atoms with Crippen molar-refractivity contribution in [3.63, 3.8) is 0 Å². The molecule has 0 amide bonds. The Kier molecular flexibility index (Phi) is 3.59. The number of aromatic nitrogens is 1. The van der Waals surface area contributed by atoms with Crippen LogP contribution in [0.25, 0.3) is 0 Å². The maximum atomic E-state index is 12.1. The lowest BCUT2D eigenvalue weighted by Gasteiger charge is -2.08. The summed E-state index contributed by atoms with van der Waals surface area (Å²) in [6.45, 7) is 3.26. The molecule has 1 unspecified atom stereocenters. The summed E-state index contributed by atoms with van der Waals surface area (Å²) >= 11 is 0. The Morgan fingerprint density at radius 3 is 2.68 bits per heavy atom. The van der Waals surface area contributed by atoms with E-state index in [1.165, 1.54) is 18.2 Å². The fraction of sp³-hybridized carbons (Fsp3) is 0.250. The molecule has 1 aromatic heterocycles. The number of anilines is 1. The SMILES string of the molecule is Cc1cc(NS(=O)(=O)c2cccc(C(C)O)c2)on1. The zero-order chi connectivity index (χ0) is 14.0. The van der Waals surface area contributed by atoms with Crippen molar-refractivity contribution in [2.75, 3.05) is 4.72 Å². The molecular weight excluding hydrogens is 268 g/mol. The van der Waals surface area contributed by atoms with Gasteiger partial charge in [0.05, 0.1) is 16.7 Å². The van der Waals surface area contributed by atoms with Gasteiger partial charge in [-0.2, -0.15) is 0 Å². The molecule has 0 bridgehead atoms. The van der Waals surface area contributed by atoms with Gasteiger partial charge in [0.2, 0.25) is 5.88 Å². The van der Waals surface area contributed by atoms with E-state index in [1.807, 2.05) is 0 Å². The minimum absolute atomic E-state index is 0.0555. The lowest BCUT2D eigenvalue weighted by Crippen LogP contribution is -2.12. The maximum absolute atomic E-state index is 12.1. The second-order valence-corrected chi connectivity index (χ2v) is 5.87. The van der Waals surface area contributed by atoms with E-state index in [0.717, 1.165) is 0 Å². The normalized spacial score (nSPS) is 13.2. The monoisotopic (exact) mass is 282 g/mol. The van der Waals surface area contributed by atoms with E-state index in [-0.39, 0.29) is 10.8 Å². The molecule has 7 heteroatoms. The third-order valence-corrected chi connectivity index (χ3v) is 3.86. The van der Waals surface area contributed by atoms with Gasteiger partial charge in [0.25, 0.3) is 10.0 Å². The zero-order valence-electron chi connectivity index (χ0n) is 10.5. The summed E-state index contributed by atoms with van der Waals surface area (Å²) in [6, 6.07) is 7.56. The number of rotatable bonds is 4. The number of hydrogen-bond donors (Lipinski definition) is 2. The third-order valence-electron chi connectivity index (χ3n) is 2.51. The highest BCUT2D eigenvalue weighted by Gasteiger charge is 2.17. The molecule has 2 rings (SSSR count). The molecule has 0 aliphatic heterocycles. The first kappa shape index (κ1) is 13.6. The lowest BCUT2D eigenvalue weighted by molar-refractivity contribution is 0.199. The molecule has 6 nitrogen and oxygen atoms in total. The van der Waals surface area contributed by atoms with Crippen LogP contribution in [0.3, 0.4) is 0 Å². The van der Waals surface area contributed by atoms with E-state index < -0.39 is 16.1 Å². The van der Waals surface area contributed by atoms with E-state index in [4.69, 9.17) is 4.52 Å². The molecule has 1 heterocycles. The number of hydrogen-bond acceptors (Lipinski definition) is 5. The summed E-state index contributed by atoms with van der Waals surface area (Å²) in [5.74, 6) is 0.0555. The Morgan fingerprint density at radius 1 is 1.37 bits per heavy atom. The Hall–Kier alpha value is -1.86. The summed E-state index contributed by atoms with van der Waals surface area (Å²) in [7, 11) is -3.75. The molecule has 0 fully saturated rings. The summed E-state index contributed by atoms with van der Waals surface area (Å²) < 4.78 is 31.3. The number of aliphatic hydroxyl groups is 1. The number of nitrogens with one attached hydrogen (secondary N) is 1. The Labute approximate surface area is 111 Å². The smallest absolute Gasteiger partial charge is 0.264 e. The third kappa shape index (κ3) is 3.12. The summed E-state index contributed by atoms with van der Waals surface area (Å²) in [5, 5.41) is 13.1. The predicted molar refractivity (Wildman–Crippen MR) is 69.1 cm³/mol. The first-order valence-electron chi connectivity index (χ1n) is 5.62. The van der Waals surface area contributed by atoms with Gasteiger partial charge in [-0.3, -0.25) is 0 Å². The van der Waals surface area contributed by atoms with Crippen molar-refractivity contribution in [1.82, 2.24) is 5.16 Å². The van der Waals surface area contributed by atoms with Crippen LogP contribution in [0.5, 0.6) is 0 Å². The van der Waals surface area contributed by atoms with Crippen LogP contribution in [-0.2, 0) is 10.0 Å². The van der Waals surface area contributed by atoms with Gasteiger partial charge in [0.1, 0.15) is 0 Å². The molecule has 0 aliphatic carbocycles. The highest BCUT2D eigenvalue weighted by atomic mass is 32.2. The first-order valence-corrected chi connectivity index (χ1v) is 7.11. The Morgan fingerprint density at radius 2 is 2.11 bits per heavy atom. The van der Waals surface area contributed by atoms with Crippen molar-refractivity contribution in [3.8, 4) is 0 Å². The van der Waals surface area contributed by atoms with Gasteiger partial charge in [0.15, 0.2) is 0 Å². The lowest BCUT2D eigenvalue weighted by atomic mass is 10.1. The molecule has 102 valence electrons. The fourth-order valence-electron chi connectivity index (χ4n) is 1.54. The minimum Gasteiger partial charge on any atom is -0.389 e. The zero-order valence-corrected chi connectivity index (χ0v) is 11.3. The molecule has 0 aliphatic rings. The van der Waals surface area contributed by atoms with E-state index in [2.05, 4.69) is 9.88 Å². The Balaban J connectivity index is 2.31. The second kappa shape index (κ2) is 5.02. The molecular formula is C12H14N2O4S. The minimum atomic E-state index is -3.75. The largest absolute Gasteiger partial charge is 0.389 e. The van der Waals surface area contributed by atoms with Crippen LogP contribution in [0.1, 0.15) is 24.3 Å². The van der Waals surface area contributed by atoms with E-state index in [1.54, 1.807) is 26.0 Å². The van der Waals surface area contributed by atoms with Gasteiger partial charge in [-0.25, -0.2) is 13.1 Å². The van der Waals surface area contributed by atoms with Crippen molar-refractivity contribution < 1.29 is 18.0 Å². The molecule has 2 aromatic rings. The van der Waals surface area contributed by atoms with Crippen LogP contribution in [0.2, 0.25) is 0 Å². The summed E-state index contributed by atoms with van der Waals surface area (Å²) in [4.78, 5) is 0.0555. The highest BCUT2D eigenvalue weighted by molar-refractivity contribution is 7.92. The molecule has 19 heavy (non-hydrogen) atoms. The standard InChI is InChI=1S/C12H14N2O4S/c1-8-6-12(18-13-8)14-19(16,17)11-5-3-4-10(7-11)9(2)15/h3-7,9,14-15H,1-2H3. The average molecular weight is 282 g/mol. The quantitative estimate of drug-likeness (QED) is 0.892. The van der Waals surface area contributed by atoms with Crippen molar-refractivity contribution >= 4 is 15.9 Å². The molecule has 1 aromatic carbocycles. The topological polar surface area (TPSA) is 92.4 Å². The van der Waals surface area contributed by atoms with Crippen LogP contribution in [0.4, 0.5) is 5.88 Å².